The molecule has 30 heavy (non-hydrogen) atoms. The summed E-state index contributed by atoms with van der Waals surface area (Å²) in [5.74, 6) is -0.769. The van der Waals surface area contributed by atoms with E-state index < -0.39 is 0 Å². The Morgan fingerprint density at radius 3 is 2.07 bits per heavy atom. The van der Waals surface area contributed by atoms with Crippen LogP contribution in [0.3, 0.4) is 0 Å². The smallest absolute Gasteiger partial charge is 0.233 e. The van der Waals surface area contributed by atoms with Crippen molar-refractivity contribution in [1.29, 1.82) is 0 Å². The number of anilines is 1. The standard InChI is InChI=1S/C26H23F2NO/c1-17-3-6-20(7-4-17)25-24(16-5-18(2)19-8-10-21(27)11-9-19)26(30)29(25)23-14-12-22(28)13-15-23/h3-4,6-15,24-25H,2,5,16H2,1H3. The van der Waals surface area contributed by atoms with Gasteiger partial charge in [-0.3, -0.25) is 4.79 Å². The average Bonchev–Trinajstić information content (AvgIpc) is 2.74. The lowest BCUT2D eigenvalue weighted by molar-refractivity contribution is -0.130. The molecule has 1 saturated heterocycles. The fraction of sp³-hybridized carbons (Fsp3) is 0.192. The highest BCUT2D eigenvalue weighted by atomic mass is 19.1. The van der Waals surface area contributed by atoms with Crippen LogP contribution in [0, 0.1) is 24.5 Å². The number of hydrogen-bond donors (Lipinski definition) is 0. The van der Waals surface area contributed by atoms with Gasteiger partial charge in [0.05, 0.1) is 12.0 Å². The maximum absolute atomic E-state index is 13.4. The Balaban J connectivity index is 1.55. The lowest BCUT2D eigenvalue weighted by atomic mass is 9.78. The second kappa shape index (κ2) is 8.23. The SMILES string of the molecule is C=C(CCC1C(=O)N(c2ccc(F)cc2)C1c1ccc(C)cc1)c1ccc(F)cc1. The van der Waals surface area contributed by atoms with Crippen molar-refractivity contribution in [2.75, 3.05) is 4.90 Å². The lowest BCUT2D eigenvalue weighted by Gasteiger charge is -2.48. The molecule has 0 radical (unpaired) electrons. The molecule has 0 spiro atoms. The molecule has 0 aliphatic carbocycles. The number of amides is 1. The van der Waals surface area contributed by atoms with Gasteiger partial charge in [-0.15, -0.1) is 0 Å². The fourth-order valence-corrected chi connectivity index (χ4v) is 4.02. The van der Waals surface area contributed by atoms with Crippen molar-refractivity contribution in [2.24, 2.45) is 5.92 Å². The molecule has 2 atom stereocenters. The van der Waals surface area contributed by atoms with Crippen LogP contribution in [0.4, 0.5) is 14.5 Å². The maximum atomic E-state index is 13.4. The third-order valence-corrected chi connectivity index (χ3v) is 5.75. The molecule has 3 aromatic carbocycles. The molecule has 1 aliphatic rings. The van der Waals surface area contributed by atoms with Crippen LogP contribution in [-0.2, 0) is 4.79 Å². The van der Waals surface area contributed by atoms with Gasteiger partial charge in [-0.1, -0.05) is 48.5 Å². The van der Waals surface area contributed by atoms with Gasteiger partial charge < -0.3 is 4.90 Å². The minimum atomic E-state index is -0.328. The Morgan fingerprint density at radius 2 is 1.47 bits per heavy atom. The molecule has 1 amide bonds. The van der Waals surface area contributed by atoms with Crippen LogP contribution in [-0.4, -0.2) is 5.91 Å². The normalized spacial score (nSPS) is 18.2. The first-order chi connectivity index (χ1) is 14.4. The molecular weight excluding hydrogens is 380 g/mol. The van der Waals surface area contributed by atoms with Gasteiger partial charge in [-0.05, 0) is 72.9 Å². The summed E-state index contributed by atoms with van der Waals surface area (Å²) in [6, 6.07) is 20.3. The first-order valence-electron chi connectivity index (χ1n) is 10.0. The molecule has 3 aromatic rings. The Kier molecular flexibility index (Phi) is 5.49. The van der Waals surface area contributed by atoms with E-state index in [4.69, 9.17) is 0 Å². The molecule has 1 fully saturated rings. The maximum Gasteiger partial charge on any atom is 0.233 e. The van der Waals surface area contributed by atoms with Gasteiger partial charge in [0.25, 0.3) is 0 Å². The van der Waals surface area contributed by atoms with E-state index >= 15 is 0 Å². The van der Waals surface area contributed by atoms with Gasteiger partial charge in [-0.2, -0.15) is 0 Å². The Labute approximate surface area is 175 Å². The minimum absolute atomic E-state index is 0.0269. The predicted molar refractivity (Wildman–Crippen MR) is 116 cm³/mol. The van der Waals surface area contributed by atoms with Crippen LogP contribution < -0.4 is 4.90 Å². The van der Waals surface area contributed by atoms with Gasteiger partial charge in [0.2, 0.25) is 5.91 Å². The predicted octanol–water partition coefficient (Wildman–Crippen LogP) is 6.47. The fourth-order valence-electron chi connectivity index (χ4n) is 4.02. The number of allylic oxidation sites excluding steroid dienone is 1. The highest BCUT2D eigenvalue weighted by Crippen LogP contribution is 2.46. The van der Waals surface area contributed by atoms with Crippen molar-refractivity contribution < 1.29 is 13.6 Å². The van der Waals surface area contributed by atoms with Crippen molar-refractivity contribution in [3.63, 3.8) is 0 Å². The van der Waals surface area contributed by atoms with E-state index in [1.807, 2.05) is 31.2 Å². The van der Waals surface area contributed by atoms with Crippen LogP contribution >= 0.6 is 0 Å². The molecule has 0 bridgehead atoms. The Morgan fingerprint density at radius 1 is 0.900 bits per heavy atom. The Hall–Kier alpha value is -3.27. The molecule has 0 aromatic heterocycles. The molecule has 1 heterocycles. The molecule has 2 unspecified atom stereocenters. The van der Waals surface area contributed by atoms with Crippen molar-refractivity contribution in [3.8, 4) is 0 Å². The summed E-state index contributed by atoms with van der Waals surface area (Å²) >= 11 is 0. The summed E-state index contributed by atoms with van der Waals surface area (Å²) in [4.78, 5) is 14.8. The van der Waals surface area contributed by atoms with Crippen molar-refractivity contribution in [3.05, 3.63) is 108 Å². The Bertz CT molecular complexity index is 1060. The van der Waals surface area contributed by atoms with E-state index in [1.54, 1.807) is 29.2 Å². The molecule has 0 saturated carbocycles. The summed E-state index contributed by atoms with van der Waals surface area (Å²) in [6.45, 7) is 6.14. The van der Waals surface area contributed by atoms with Gasteiger partial charge >= 0.3 is 0 Å². The topological polar surface area (TPSA) is 20.3 Å². The molecule has 152 valence electrons. The van der Waals surface area contributed by atoms with Crippen LogP contribution in [0.15, 0.2) is 79.4 Å². The summed E-state index contributed by atoms with van der Waals surface area (Å²) in [5.41, 5.74) is 4.66. The van der Waals surface area contributed by atoms with E-state index in [0.29, 0.717) is 18.5 Å². The summed E-state index contributed by atoms with van der Waals surface area (Å²) < 4.78 is 26.5. The van der Waals surface area contributed by atoms with E-state index in [0.717, 1.165) is 22.3 Å². The van der Waals surface area contributed by atoms with E-state index in [-0.39, 0.29) is 29.5 Å². The third-order valence-electron chi connectivity index (χ3n) is 5.75. The zero-order valence-electron chi connectivity index (χ0n) is 16.8. The van der Waals surface area contributed by atoms with E-state index in [9.17, 15) is 13.6 Å². The number of carbonyl (C=O) groups is 1. The first kappa shape index (κ1) is 20.0. The molecule has 4 rings (SSSR count). The van der Waals surface area contributed by atoms with E-state index in [1.165, 1.54) is 24.3 Å². The molecule has 0 N–H and O–H groups in total. The van der Waals surface area contributed by atoms with E-state index in [2.05, 4.69) is 6.58 Å². The molecule has 1 aliphatic heterocycles. The van der Waals surface area contributed by atoms with Crippen molar-refractivity contribution in [1.82, 2.24) is 0 Å². The third kappa shape index (κ3) is 3.90. The number of benzene rings is 3. The molecular formula is C26H23F2NO. The highest BCUT2D eigenvalue weighted by molar-refractivity contribution is 6.03. The van der Waals surface area contributed by atoms with Crippen LogP contribution in [0.5, 0.6) is 0 Å². The van der Waals surface area contributed by atoms with Gasteiger partial charge in [0.1, 0.15) is 11.6 Å². The average molecular weight is 403 g/mol. The molecule has 4 heteroatoms. The molecule has 2 nitrogen and oxygen atoms in total. The summed E-state index contributed by atoms with van der Waals surface area (Å²) in [5, 5.41) is 0. The number of nitrogens with zero attached hydrogens (tertiary/aromatic N) is 1. The second-order valence-electron chi connectivity index (χ2n) is 7.80. The number of aryl methyl sites for hydroxylation is 1. The largest absolute Gasteiger partial charge is 0.304 e. The van der Waals surface area contributed by atoms with Crippen LogP contribution in [0.2, 0.25) is 0 Å². The first-order valence-corrected chi connectivity index (χ1v) is 10.0. The highest BCUT2D eigenvalue weighted by Gasteiger charge is 2.48. The monoisotopic (exact) mass is 403 g/mol. The summed E-state index contributed by atoms with van der Waals surface area (Å²) in [7, 11) is 0. The minimum Gasteiger partial charge on any atom is -0.304 e. The number of halogens is 2. The number of rotatable bonds is 6. The summed E-state index contributed by atoms with van der Waals surface area (Å²) in [6.07, 6.45) is 1.28. The number of carbonyl (C=O) groups excluding carboxylic acids is 1. The van der Waals surface area contributed by atoms with Crippen LogP contribution in [0.1, 0.15) is 35.6 Å². The van der Waals surface area contributed by atoms with Gasteiger partial charge in [0.15, 0.2) is 0 Å². The quantitative estimate of drug-likeness (QED) is 0.432. The zero-order chi connectivity index (χ0) is 21.3. The van der Waals surface area contributed by atoms with Gasteiger partial charge in [0, 0.05) is 5.69 Å². The van der Waals surface area contributed by atoms with Crippen molar-refractivity contribution in [2.45, 2.75) is 25.8 Å². The second-order valence-corrected chi connectivity index (χ2v) is 7.80. The van der Waals surface area contributed by atoms with Gasteiger partial charge in [-0.25, -0.2) is 8.78 Å². The van der Waals surface area contributed by atoms with Crippen molar-refractivity contribution >= 4 is 17.2 Å². The zero-order valence-corrected chi connectivity index (χ0v) is 16.8. The van der Waals surface area contributed by atoms with Crippen LogP contribution in [0.25, 0.3) is 5.57 Å². The number of hydrogen-bond acceptors (Lipinski definition) is 1. The number of β-lactam (4-membered cyclic amide) rings is 1. The lowest BCUT2D eigenvalue weighted by Crippen LogP contribution is -2.55.